The van der Waals surface area contributed by atoms with E-state index in [4.69, 9.17) is 0 Å². The molecule has 1 fully saturated rings. The fraction of sp³-hybridized carbons (Fsp3) is 0.615. The molecular formula is C13H23N3O. The highest BCUT2D eigenvalue weighted by molar-refractivity contribution is 5.81. The highest BCUT2D eigenvalue weighted by Gasteiger charge is 2.25. The Hall–Kier alpha value is -1.13. The monoisotopic (exact) mass is 237 g/mol. The Morgan fingerprint density at radius 2 is 1.88 bits per heavy atom. The van der Waals surface area contributed by atoms with Gasteiger partial charge in [-0.25, -0.2) is 0 Å². The van der Waals surface area contributed by atoms with Gasteiger partial charge in [0.25, 0.3) is 0 Å². The van der Waals surface area contributed by atoms with Gasteiger partial charge in [0.05, 0.1) is 6.04 Å². The Balaban J connectivity index is 2.57. The van der Waals surface area contributed by atoms with Crippen LogP contribution in [0.25, 0.3) is 0 Å². The van der Waals surface area contributed by atoms with Crippen LogP contribution in [-0.2, 0) is 4.79 Å². The predicted molar refractivity (Wildman–Crippen MR) is 70.9 cm³/mol. The molecule has 4 heteroatoms. The van der Waals surface area contributed by atoms with E-state index >= 15 is 0 Å². The van der Waals surface area contributed by atoms with Crippen LogP contribution in [0.3, 0.4) is 0 Å². The van der Waals surface area contributed by atoms with Crippen molar-refractivity contribution in [3.8, 4) is 0 Å². The number of nitrogens with one attached hydrogen (secondary N) is 1. The lowest BCUT2D eigenvalue weighted by molar-refractivity contribution is -0.136. The normalized spacial score (nSPS) is 17.9. The lowest BCUT2D eigenvalue weighted by Crippen LogP contribution is -2.53. The summed E-state index contributed by atoms with van der Waals surface area (Å²) in [6.07, 6.45) is 3.65. The zero-order valence-electron chi connectivity index (χ0n) is 10.7. The van der Waals surface area contributed by atoms with Crippen LogP contribution in [0.1, 0.15) is 6.92 Å². The number of carbonyl (C=O) groups excluding carboxylic acids is 1. The van der Waals surface area contributed by atoms with E-state index in [0.29, 0.717) is 13.1 Å². The fourth-order valence-corrected chi connectivity index (χ4v) is 2.03. The molecule has 1 atom stereocenters. The molecule has 4 nitrogen and oxygen atoms in total. The van der Waals surface area contributed by atoms with Gasteiger partial charge < -0.3 is 10.2 Å². The molecule has 0 spiro atoms. The Morgan fingerprint density at radius 1 is 1.35 bits per heavy atom. The fourth-order valence-electron chi connectivity index (χ4n) is 2.03. The lowest BCUT2D eigenvalue weighted by atomic mass is 10.2. The second kappa shape index (κ2) is 7.25. The highest BCUT2D eigenvalue weighted by atomic mass is 16.2. The van der Waals surface area contributed by atoms with Crippen LogP contribution in [0.2, 0.25) is 0 Å². The van der Waals surface area contributed by atoms with Gasteiger partial charge in [0.2, 0.25) is 5.91 Å². The summed E-state index contributed by atoms with van der Waals surface area (Å²) in [5, 5.41) is 3.25. The van der Waals surface area contributed by atoms with Crippen molar-refractivity contribution in [1.82, 2.24) is 15.1 Å². The summed E-state index contributed by atoms with van der Waals surface area (Å²) in [4.78, 5) is 16.3. The van der Waals surface area contributed by atoms with Crippen LogP contribution in [0.4, 0.5) is 0 Å². The SMILES string of the molecule is C=CCN(CC=C)C(C)C(=O)N1CCNCC1. The standard InChI is InChI=1S/C13H23N3O/c1-4-8-15(9-5-2)12(3)13(17)16-10-6-14-7-11-16/h4-5,12,14H,1-2,6-11H2,3H3. The van der Waals surface area contributed by atoms with E-state index in [0.717, 1.165) is 26.2 Å². The van der Waals surface area contributed by atoms with E-state index in [1.54, 1.807) is 0 Å². The van der Waals surface area contributed by atoms with Crippen molar-refractivity contribution in [3.63, 3.8) is 0 Å². The number of rotatable bonds is 6. The molecule has 1 amide bonds. The summed E-state index contributed by atoms with van der Waals surface area (Å²) in [7, 11) is 0. The van der Waals surface area contributed by atoms with Crippen molar-refractivity contribution < 1.29 is 4.79 Å². The van der Waals surface area contributed by atoms with E-state index in [1.165, 1.54) is 0 Å². The summed E-state index contributed by atoms with van der Waals surface area (Å²) in [5.74, 6) is 0.204. The first-order valence-electron chi connectivity index (χ1n) is 6.16. The van der Waals surface area contributed by atoms with Crippen molar-refractivity contribution in [2.45, 2.75) is 13.0 Å². The van der Waals surface area contributed by atoms with Gasteiger partial charge in [-0.1, -0.05) is 12.2 Å². The van der Waals surface area contributed by atoms with Crippen molar-refractivity contribution in [2.24, 2.45) is 0 Å². The van der Waals surface area contributed by atoms with Crippen LogP contribution in [0.15, 0.2) is 25.3 Å². The molecule has 0 bridgehead atoms. The van der Waals surface area contributed by atoms with E-state index in [1.807, 2.05) is 24.0 Å². The molecule has 0 aromatic heterocycles. The van der Waals surface area contributed by atoms with Gasteiger partial charge >= 0.3 is 0 Å². The minimum Gasteiger partial charge on any atom is -0.339 e. The summed E-state index contributed by atoms with van der Waals surface area (Å²) >= 11 is 0. The number of hydrogen-bond acceptors (Lipinski definition) is 3. The summed E-state index contributed by atoms with van der Waals surface area (Å²) in [5.41, 5.74) is 0. The predicted octanol–water partition coefficient (Wildman–Crippen LogP) is 0.481. The average Bonchev–Trinajstić information content (AvgIpc) is 2.38. The van der Waals surface area contributed by atoms with Gasteiger partial charge in [0.15, 0.2) is 0 Å². The van der Waals surface area contributed by atoms with Crippen molar-refractivity contribution in [2.75, 3.05) is 39.3 Å². The molecule has 0 aromatic carbocycles. The maximum Gasteiger partial charge on any atom is 0.239 e. The molecule has 96 valence electrons. The topological polar surface area (TPSA) is 35.6 Å². The summed E-state index contributed by atoms with van der Waals surface area (Å²) in [6.45, 7) is 14.2. The third-order valence-corrected chi connectivity index (χ3v) is 3.06. The molecule has 1 aliphatic heterocycles. The van der Waals surface area contributed by atoms with Crippen LogP contribution in [0, 0.1) is 0 Å². The maximum atomic E-state index is 12.3. The molecular weight excluding hydrogens is 214 g/mol. The van der Waals surface area contributed by atoms with Gasteiger partial charge in [0, 0.05) is 39.3 Å². The average molecular weight is 237 g/mol. The van der Waals surface area contributed by atoms with Crippen molar-refractivity contribution >= 4 is 5.91 Å². The Kier molecular flexibility index (Phi) is 5.94. The third kappa shape index (κ3) is 3.98. The van der Waals surface area contributed by atoms with Crippen LogP contribution in [0.5, 0.6) is 0 Å². The lowest BCUT2D eigenvalue weighted by Gasteiger charge is -2.33. The number of carbonyl (C=O) groups is 1. The molecule has 1 N–H and O–H groups in total. The maximum absolute atomic E-state index is 12.3. The molecule has 1 heterocycles. The van der Waals surface area contributed by atoms with E-state index in [9.17, 15) is 4.79 Å². The first-order chi connectivity index (χ1) is 8.20. The summed E-state index contributed by atoms with van der Waals surface area (Å²) in [6, 6.07) is -0.107. The minimum absolute atomic E-state index is 0.107. The minimum atomic E-state index is -0.107. The Labute approximate surface area is 104 Å². The largest absolute Gasteiger partial charge is 0.339 e. The molecule has 1 rings (SSSR count). The van der Waals surface area contributed by atoms with Gasteiger partial charge in [-0.05, 0) is 6.92 Å². The molecule has 1 saturated heterocycles. The Bertz CT molecular complexity index is 262. The number of nitrogens with zero attached hydrogens (tertiary/aromatic N) is 2. The number of hydrogen-bond donors (Lipinski definition) is 1. The first kappa shape index (κ1) is 13.9. The molecule has 0 aromatic rings. The Morgan fingerprint density at radius 3 is 2.35 bits per heavy atom. The molecule has 1 unspecified atom stereocenters. The van der Waals surface area contributed by atoms with Gasteiger partial charge in [-0.2, -0.15) is 0 Å². The molecule has 0 aliphatic carbocycles. The molecule has 17 heavy (non-hydrogen) atoms. The molecule has 0 radical (unpaired) electrons. The van der Waals surface area contributed by atoms with Gasteiger partial charge in [-0.15, -0.1) is 13.2 Å². The van der Waals surface area contributed by atoms with E-state index in [-0.39, 0.29) is 11.9 Å². The van der Waals surface area contributed by atoms with E-state index in [2.05, 4.69) is 23.4 Å². The van der Waals surface area contributed by atoms with Crippen LogP contribution >= 0.6 is 0 Å². The van der Waals surface area contributed by atoms with Gasteiger partial charge in [-0.3, -0.25) is 9.69 Å². The van der Waals surface area contributed by atoms with E-state index < -0.39 is 0 Å². The zero-order chi connectivity index (χ0) is 12.7. The third-order valence-electron chi connectivity index (χ3n) is 3.06. The van der Waals surface area contributed by atoms with Crippen LogP contribution < -0.4 is 5.32 Å². The second-order valence-electron chi connectivity index (χ2n) is 4.28. The second-order valence-corrected chi connectivity index (χ2v) is 4.28. The van der Waals surface area contributed by atoms with Crippen molar-refractivity contribution in [3.05, 3.63) is 25.3 Å². The molecule has 1 aliphatic rings. The number of piperazine rings is 1. The summed E-state index contributed by atoms with van der Waals surface area (Å²) < 4.78 is 0. The van der Waals surface area contributed by atoms with Gasteiger partial charge in [0.1, 0.15) is 0 Å². The number of amides is 1. The quantitative estimate of drug-likeness (QED) is 0.683. The highest BCUT2D eigenvalue weighted by Crippen LogP contribution is 2.05. The van der Waals surface area contributed by atoms with Crippen LogP contribution in [-0.4, -0.2) is 61.0 Å². The van der Waals surface area contributed by atoms with Crippen molar-refractivity contribution in [1.29, 1.82) is 0 Å². The zero-order valence-corrected chi connectivity index (χ0v) is 10.7. The molecule has 0 saturated carbocycles. The first-order valence-corrected chi connectivity index (χ1v) is 6.16. The smallest absolute Gasteiger partial charge is 0.239 e.